The molecule has 2 aliphatic rings. The Hall–Kier alpha value is -1.54. The lowest BCUT2D eigenvalue weighted by Gasteiger charge is -2.23. The molecule has 160 valence electrons. The average Bonchev–Trinajstić information content (AvgIpc) is 2.64. The van der Waals surface area contributed by atoms with E-state index in [-0.39, 0.29) is 34.4 Å². The Morgan fingerprint density at radius 2 is 1.86 bits per heavy atom. The Labute approximate surface area is 177 Å². The molecule has 8 heteroatoms. The van der Waals surface area contributed by atoms with E-state index in [1.165, 1.54) is 37.1 Å². The summed E-state index contributed by atoms with van der Waals surface area (Å²) in [6.45, 7) is 3.38. The third kappa shape index (κ3) is 5.54. The van der Waals surface area contributed by atoms with Crippen LogP contribution in [0, 0.1) is 0 Å². The summed E-state index contributed by atoms with van der Waals surface area (Å²) >= 11 is 1.41. The molecule has 1 saturated carbocycles. The fourth-order valence-corrected chi connectivity index (χ4v) is 6.16. The number of thioether (sulfide) groups is 1. The molecule has 3 rings (SSSR count). The van der Waals surface area contributed by atoms with E-state index in [0.29, 0.717) is 5.69 Å². The fraction of sp³-hybridized carbons (Fsp3) is 0.619. The first-order chi connectivity index (χ1) is 13.8. The predicted octanol–water partition coefficient (Wildman–Crippen LogP) is 3.90. The summed E-state index contributed by atoms with van der Waals surface area (Å²) in [6.07, 6.45) is 7.74. The van der Waals surface area contributed by atoms with Gasteiger partial charge < -0.3 is 10.6 Å². The topological polar surface area (TPSA) is 92.3 Å². The number of rotatable bonds is 5. The van der Waals surface area contributed by atoms with Gasteiger partial charge in [0, 0.05) is 17.4 Å². The minimum atomic E-state index is -3.67. The number of benzene rings is 1. The molecule has 0 radical (unpaired) electrons. The van der Waals surface area contributed by atoms with Crippen molar-refractivity contribution in [3.63, 3.8) is 0 Å². The van der Waals surface area contributed by atoms with Gasteiger partial charge in [0.15, 0.2) is 9.84 Å². The van der Waals surface area contributed by atoms with Crippen LogP contribution in [-0.4, -0.2) is 36.8 Å². The molecule has 1 aliphatic carbocycles. The van der Waals surface area contributed by atoms with E-state index < -0.39 is 15.1 Å². The Balaban J connectivity index is 1.65. The molecule has 1 aromatic rings. The van der Waals surface area contributed by atoms with Crippen LogP contribution in [0.25, 0.3) is 0 Å². The first kappa shape index (κ1) is 22.2. The van der Waals surface area contributed by atoms with Crippen molar-refractivity contribution in [2.75, 3.05) is 5.32 Å². The van der Waals surface area contributed by atoms with Crippen LogP contribution < -0.4 is 10.6 Å². The molecule has 0 spiro atoms. The van der Waals surface area contributed by atoms with Gasteiger partial charge in [0.05, 0.1) is 21.1 Å². The van der Waals surface area contributed by atoms with Crippen molar-refractivity contribution >= 4 is 39.1 Å². The Bertz CT molecular complexity index is 861. The highest BCUT2D eigenvalue weighted by atomic mass is 32.2. The second-order valence-corrected chi connectivity index (χ2v) is 11.8. The van der Waals surface area contributed by atoms with Crippen LogP contribution in [0.3, 0.4) is 0 Å². The first-order valence-corrected chi connectivity index (χ1v) is 12.8. The van der Waals surface area contributed by atoms with Gasteiger partial charge in [-0.05, 0) is 44.9 Å². The molecule has 1 fully saturated rings. The number of hydrogen-bond acceptors (Lipinski definition) is 5. The molecule has 1 aliphatic heterocycles. The largest absolute Gasteiger partial charge is 0.353 e. The monoisotopic (exact) mass is 438 g/mol. The van der Waals surface area contributed by atoms with Crippen molar-refractivity contribution in [1.82, 2.24) is 5.32 Å². The normalized spacial score (nSPS) is 22.0. The number of carbonyl (C=O) groups is 2. The van der Waals surface area contributed by atoms with Crippen LogP contribution in [-0.2, 0) is 19.4 Å². The lowest BCUT2D eigenvalue weighted by atomic mass is 9.96. The lowest BCUT2D eigenvalue weighted by molar-refractivity contribution is -0.122. The van der Waals surface area contributed by atoms with Crippen LogP contribution in [0.4, 0.5) is 5.69 Å². The van der Waals surface area contributed by atoms with E-state index in [9.17, 15) is 18.0 Å². The van der Waals surface area contributed by atoms with Gasteiger partial charge in [-0.2, -0.15) is 0 Å². The number of fused-ring (bicyclic) bond motifs is 1. The van der Waals surface area contributed by atoms with Gasteiger partial charge in [-0.1, -0.05) is 32.1 Å². The maximum absolute atomic E-state index is 13.0. The van der Waals surface area contributed by atoms with Crippen molar-refractivity contribution in [3.05, 3.63) is 18.2 Å². The summed E-state index contributed by atoms with van der Waals surface area (Å²) in [5.41, 5.74) is 0.519. The molecule has 29 heavy (non-hydrogen) atoms. The maximum atomic E-state index is 13.0. The third-order valence-electron chi connectivity index (χ3n) is 5.68. The molecular formula is C21H30N2O4S2. The summed E-state index contributed by atoms with van der Waals surface area (Å²) in [6, 6.07) is 4.94. The van der Waals surface area contributed by atoms with Crippen molar-refractivity contribution < 1.29 is 18.0 Å². The van der Waals surface area contributed by atoms with E-state index in [2.05, 4.69) is 10.6 Å². The molecule has 0 saturated heterocycles. The molecule has 0 unspecified atom stereocenters. The van der Waals surface area contributed by atoms with E-state index in [1.54, 1.807) is 19.1 Å². The highest BCUT2D eigenvalue weighted by Gasteiger charge is 2.29. The number of carbonyl (C=O) groups excluding carboxylic acids is 2. The van der Waals surface area contributed by atoms with E-state index in [1.807, 2.05) is 6.92 Å². The summed E-state index contributed by atoms with van der Waals surface area (Å²) < 4.78 is 26.0. The van der Waals surface area contributed by atoms with Gasteiger partial charge >= 0.3 is 0 Å². The van der Waals surface area contributed by atoms with Gasteiger partial charge in [0.1, 0.15) is 0 Å². The molecule has 2 amide bonds. The predicted molar refractivity (Wildman–Crippen MR) is 116 cm³/mol. The molecule has 0 aromatic heterocycles. The first-order valence-electron chi connectivity index (χ1n) is 10.4. The van der Waals surface area contributed by atoms with Gasteiger partial charge in [0.2, 0.25) is 11.8 Å². The Morgan fingerprint density at radius 3 is 2.55 bits per heavy atom. The van der Waals surface area contributed by atoms with Gasteiger partial charge in [0.25, 0.3) is 0 Å². The number of sulfone groups is 1. The Morgan fingerprint density at radius 1 is 1.21 bits per heavy atom. The smallest absolute Gasteiger partial charge is 0.237 e. The van der Waals surface area contributed by atoms with Gasteiger partial charge in [-0.3, -0.25) is 9.59 Å². The summed E-state index contributed by atoms with van der Waals surface area (Å²) in [7, 11) is -3.67. The Kier molecular flexibility index (Phi) is 7.27. The molecule has 1 aromatic carbocycles. The number of nitrogens with one attached hydrogen (secondary N) is 2. The maximum Gasteiger partial charge on any atom is 0.237 e. The standard InChI is InChI=1S/C21H30N2O4S2/c1-14(12-20(24)22-16-8-6-4-3-5-7-9-16)29(26,27)17-10-11-19-18(13-17)23-21(25)15(2)28-19/h10-11,13-16H,3-9,12H2,1-2H3,(H,22,24)(H,23,25)/t14-,15+/m1/s1. The minimum Gasteiger partial charge on any atom is -0.353 e. The van der Waals surface area contributed by atoms with E-state index in [0.717, 1.165) is 30.6 Å². The molecule has 1 heterocycles. The van der Waals surface area contributed by atoms with Gasteiger partial charge in [-0.25, -0.2) is 8.42 Å². The number of hydrogen-bond donors (Lipinski definition) is 2. The van der Waals surface area contributed by atoms with E-state index in [4.69, 9.17) is 0 Å². The third-order valence-corrected chi connectivity index (χ3v) is 9.00. The zero-order valence-corrected chi connectivity index (χ0v) is 18.7. The fourth-order valence-electron chi connectivity index (χ4n) is 3.86. The van der Waals surface area contributed by atoms with Crippen LogP contribution in [0.15, 0.2) is 28.0 Å². The number of amides is 2. The second kappa shape index (κ2) is 9.51. The summed E-state index contributed by atoms with van der Waals surface area (Å²) in [5, 5.41) is 4.76. The molecule has 0 bridgehead atoms. The molecule has 2 N–H and O–H groups in total. The highest BCUT2D eigenvalue weighted by molar-refractivity contribution is 8.01. The van der Waals surface area contributed by atoms with Crippen LogP contribution in [0.2, 0.25) is 0 Å². The summed E-state index contributed by atoms with van der Waals surface area (Å²) in [5.74, 6) is -0.342. The van der Waals surface area contributed by atoms with Crippen molar-refractivity contribution in [3.8, 4) is 0 Å². The summed E-state index contributed by atoms with van der Waals surface area (Å²) in [4.78, 5) is 25.4. The van der Waals surface area contributed by atoms with E-state index >= 15 is 0 Å². The quantitative estimate of drug-likeness (QED) is 0.727. The zero-order valence-electron chi connectivity index (χ0n) is 17.1. The number of anilines is 1. The van der Waals surface area contributed by atoms with Crippen LogP contribution in [0.5, 0.6) is 0 Å². The molecule has 2 atom stereocenters. The minimum absolute atomic E-state index is 0.0614. The van der Waals surface area contributed by atoms with Crippen molar-refractivity contribution in [1.29, 1.82) is 0 Å². The molecule has 6 nitrogen and oxygen atoms in total. The average molecular weight is 439 g/mol. The van der Waals surface area contributed by atoms with Crippen LogP contribution >= 0.6 is 11.8 Å². The molecular weight excluding hydrogens is 408 g/mol. The SMILES string of the molecule is C[C@@H]1Sc2ccc(S(=O)(=O)[C@H](C)CC(=O)NC3CCCCCCC3)cc2NC1=O. The van der Waals surface area contributed by atoms with Crippen molar-refractivity contribution in [2.45, 2.75) is 91.5 Å². The van der Waals surface area contributed by atoms with Gasteiger partial charge in [-0.15, -0.1) is 11.8 Å². The lowest BCUT2D eigenvalue weighted by Crippen LogP contribution is -2.37. The second-order valence-electron chi connectivity index (χ2n) is 8.08. The highest BCUT2D eigenvalue weighted by Crippen LogP contribution is 2.37. The van der Waals surface area contributed by atoms with Crippen LogP contribution in [0.1, 0.15) is 65.2 Å². The zero-order chi connectivity index (χ0) is 21.0. The van der Waals surface area contributed by atoms with Crippen molar-refractivity contribution in [2.24, 2.45) is 0 Å².